The van der Waals surface area contributed by atoms with E-state index in [-0.39, 0.29) is 5.91 Å². The molecular weight excluding hydrogens is 328 g/mol. The molecule has 0 unspecified atom stereocenters. The number of ether oxygens (including phenoxy) is 1. The molecule has 0 radical (unpaired) electrons. The molecule has 0 saturated heterocycles. The first-order chi connectivity index (χ1) is 12.5. The molecule has 0 saturated carbocycles. The van der Waals surface area contributed by atoms with E-state index < -0.39 is 0 Å². The lowest BCUT2D eigenvalue weighted by Gasteiger charge is -2.04. The highest BCUT2D eigenvalue weighted by Crippen LogP contribution is 2.26. The average Bonchev–Trinajstić information content (AvgIpc) is 2.95. The van der Waals surface area contributed by atoms with Crippen molar-refractivity contribution in [2.24, 2.45) is 7.05 Å². The first-order valence-corrected chi connectivity index (χ1v) is 8.24. The minimum atomic E-state index is -0.225. The number of nitrogens with zero attached hydrogens (tertiary/aromatic N) is 3. The van der Waals surface area contributed by atoms with Crippen molar-refractivity contribution in [3.8, 4) is 5.75 Å². The fraction of sp³-hybridized carbons (Fsp3) is 0.150. The number of aromatic nitrogens is 3. The van der Waals surface area contributed by atoms with E-state index in [2.05, 4.69) is 10.4 Å². The summed E-state index contributed by atoms with van der Waals surface area (Å²) in [4.78, 5) is 17.2. The van der Waals surface area contributed by atoms with Gasteiger partial charge in [-0.1, -0.05) is 12.1 Å². The van der Waals surface area contributed by atoms with E-state index in [1.165, 1.54) is 0 Å². The highest BCUT2D eigenvalue weighted by Gasteiger charge is 2.15. The average molecular weight is 346 g/mol. The second kappa shape index (κ2) is 6.15. The minimum absolute atomic E-state index is 0.225. The number of fused-ring (bicyclic) bond motifs is 2. The van der Waals surface area contributed by atoms with Crippen molar-refractivity contribution in [3.63, 3.8) is 0 Å². The zero-order valence-electron chi connectivity index (χ0n) is 14.8. The Morgan fingerprint density at radius 1 is 1.12 bits per heavy atom. The topological polar surface area (TPSA) is 69.0 Å². The summed E-state index contributed by atoms with van der Waals surface area (Å²) in [6, 6.07) is 15.1. The standard InChI is InChI=1S/C20H18N4O2/c1-12-4-5-14-11-16-18(23-24(2)19(16)21-17(14)10-12)22-20(25)13-6-8-15(26-3)9-7-13/h4-11H,1-3H3,(H,22,23,25). The van der Waals surface area contributed by atoms with Crippen LogP contribution in [-0.4, -0.2) is 27.8 Å². The van der Waals surface area contributed by atoms with Gasteiger partial charge in [0.05, 0.1) is 18.0 Å². The molecule has 6 heteroatoms. The molecule has 1 amide bonds. The Balaban J connectivity index is 1.73. The van der Waals surface area contributed by atoms with Crippen molar-refractivity contribution in [1.29, 1.82) is 0 Å². The number of aryl methyl sites for hydroxylation is 2. The van der Waals surface area contributed by atoms with Crippen LogP contribution in [0.25, 0.3) is 21.9 Å². The van der Waals surface area contributed by atoms with E-state index in [9.17, 15) is 4.79 Å². The Bertz CT molecular complexity index is 1130. The highest BCUT2D eigenvalue weighted by molar-refractivity contribution is 6.08. The predicted molar refractivity (Wildman–Crippen MR) is 102 cm³/mol. The van der Waals surface area contributed by atoms with Gasteiger partial charge in [0.25, 0.3) is 5.91 Å². The third kappa shape index (κ3) is 2.75. The van der Waals surface area contributed by atoms with Gasteiger partial charge in [0, 0.05) is 18.0 Å². The maximum absolute atomic E-state index is 12.6. The molecule has 130 valence electrons. The maximum Gasteiger partial charge on any atom is 0.256 e. The second-order valence-corrected chi connectivity index (χ2v) is 6.21. The number of nitrogens with one attached hydrogen (secondary N) is 1. The summed E-state index contributed by atoms with van der Waals surface area (Å²) in [6.07, 6.45) is 0. The number of anilines is 1. The van der Waals surface area contributed by atoms with Crippen molar-refractivity contribution >= 4 is 33.7 Å². The van der Waals surface area contributed by atoms with Gasteiger partial charge in [-0.05, 0) is 48.9 Å². The molecule has 0 bridgehead atoms. The normalized spacial score (nSPS) is 11.0. The van der Waals surface area contributed by atoms with E-state index >= 15 is 0 Å². The number of benzene rings is 2. The number of rotatable bonds is 3. The molecule has 1 N–H and O–H groups in total. The van der Waals surface area contributed by atoms with Crippen molar-refractivity contribution in [3.05, 3.63) is 59.7 Å². The number of carbonyl (C=O) groups excluding carboxylic acids is 1. The van der Waals surface area contributed by atoms with Crippen LogP contribution in [0.15, 0.2) is 48.5 Å². The second-order valence-electron chi connectivity index (χ2n) is 6.21. The van der Waals surface area contributed by atoms with Crippen LogP contribution in [0.1, 0.15) is 15.9 Å². The fourth-order valence-corrected chi connectivity index (χ4v) is 2.95. The number of hydrogen-bond donors (Lipinski definition) is 1. The van der Waals surface area contributed by atoms with E-state index in [0.29, 0.717) is 17.1 Å². The van der Waals surface area contributed by atoms with Gasteiger partial charge in [0.2, 0.25) is 0 Å². The van der Waals surface area contributed by atoms with Gasteiger partial charge in [-0.25, -0.2) is 9.67 Å². The first kappa shape index (κ1) is 16.1. The summed E-state index contributed by atoms with van der Waals surface area (Å²) in [5.74, 6) is 0.978. The van der Waals surface area contributed by atoms with Crippen LogP contribution in [0.5, 0.6) is 5.75 Å². The van der Waals surface area contributed by atoms with Crippen LogP contribution in [-0.2, 0) is 7.05 Å². The quantitative estimate of drug-likeness (QED) is 0.614. The summed E-state index contributed by atoms with van der Waals surface area (Å²) in [6.45, 7) is 2.04. The molecule has 0 atom stereocenters. The van der Waals surface area contributed by atoms with Crippen molar-refractivity contribution in [2.75, 3.05) is 12.4 Å². The third-order valence-electron chi connectivity index (χ3n) is 4.35. The van der Waals surface area contributed by atoms with Crippen LogP contribution in [0.3, 0.4) is 0 Å². The smallest absolute Gasteiger partial charge is 0.256 e. The van der Waals surface area contributed by atoms with Gasteiger partial charge in [0.15, 0.2) is 11.5 Å². The van der Waals surface area contributed by atoms with Crippen LogP contribution < -0.4 is 10.1 Å². The largest absolute Gasteiger partial charge is 0.497 e. The monoisotopic (exact) mass is 346 g/mol. The van der Waals surface area contributed by atoms with Crippen LogP contribution in [0.4, 0.5) is 5.82 Å². The number of amides is 1. The molecule has 0 aliphatic carbocycles. The van der Waals surface area contributed by atoms with Crippen LogP contribution in [0.2, 0.25) is 0 Å². The Morgan fingerprint density at radius 3 is 2.62 bits per heavy atom. The Labute approximate surface area is 150 Å². The van der Waals surface area contributed by atoms with Gasteiger partial charge < -0.3 is 10.1 Å². The molecular formula is C20H18N4O2. The lowest BCUT2D eigenvalue weighted by atomic mass is 10.1. The lowest BCUT2D eigenvalue weighted by Crippen LogP contribution is -2.12. The maximum atomic E-state index is 12.6. The van der Waals surface area contributed by atoms with Gasteiger partial charge in [0.1, 0.15) is 5.75 Å². The molecule has 4 rings (SSSR count). The number of carbonyl (C=O) groups is 1. The number of methoxy groups -OCH3 is 1. The molecule has 0 aliphatic heterocycles. The predicted octanol–water partition coefficient (Wildman–Crippen LogP) is 3.69. The zero-order chi connectivity index (χ0) is 18.3. The molecule has 0 aliphatic rings. The molecule has 4 aromatic rings. The Hall–Kier alpha value is -3.41. The number of pyridine rings is 1. The Morgan fingerprint density at radius 2 is 1.88 bits per heavy atom. The van der Waals surface area contributed by atoms with E-state index in [1.807, 2.05) is 38.2 Å². The van der Waals surface area contributed by atoms with E-state index in [4.69, 9.17) is 9.72 Å². The van der Waals surface area contributed by atoms with Crippen LogP contribution >= 0.6 is 0 Å². The third-order valence-corrected chi connectivity index (χ3v) is 4.35. The lowest BCUT2D eigenvalue weighted by molar-refractivity contribution is 0.102. The zero-order valence-corrected chi connectivity index (χ0v) is 14.8. The highest BCUT2D eigenvalue weighted by atomic mass is 16.5. The summed E-state index contributed by atoms with van der Waals surface area (Å²) in [7, 11) is 3.41. The summed E-state index contributed by atoms with van der Waals surface area (Å²) < 4.78 is 6.80. The molecule has 2 aromatic carbocycles. The molecule has 0 spiro atoms. The summed E-state index contributed by atoms with van der Waals surface area (Å²) >= 11 is 0. The molecule has 26 heavy (non-hydrogen) atoms. The Kier molecular flexibility index (Phi) is 3.80. The SMILES string of the molecule is COc1ccc(C(=O)Nc2nn(C)c3nc4cc(C)ccc4cc23)cc1. The molecule has 0 fully saturated rings. The molecule has 2 heterocycles. The van der Waals surface area contributed by atoms with Crippen LogP contribution in [0, 0.1) is 6.92 Å². The van der Waals surface area contributed by atoms with Gasteiger partial charge in [-0.3, -0.25) is 4.79 Å². The van der Waals surface area contributed by atoms with Crippen molar-refractivity contribution < 1.29 is 9.53 Å². The van der Waals surface area contributed by atoms with Gasteiger partial charge in [-0.2, -0.15) is 5.10 Å². The van der Waals surface area contributed by atoms with Crippen molar-refractivity contribution in [1.82, 2.24) is 14.8 Å². The summed E-state index contributed by atoms with van der Waals surface area (Å²) in [5, 5.41) is 9.14. The van der Waals surface area contributed by atoms with E-state index in [1.54, 1.807) is 36.1 Å². The van der Waals surface area contributed by atoms with Gasteiger partial charge >= 0.3 is 0 Å². The van der Waals surface area contributed by atoms with Crippen molar-refractivity contribution in [2.45, 2.75) is 6.92 Å². The minimum Gasteiger partial charge on any atom is -0.497 e. The fourth-order valence-electron chi connectivity index (χ4n) is 2.95. The van der Waals surface area contributed by atoms with Gasteiger partial charge in [-0.15, -0.1) is 0 Å². The number of hydrogen-bond acceptors (Lipinski definition) is 4. The summed E-state index contributed by atoms with van der Waals surface area (Å²) in [5.41, 5.74) is 3.33. The molecule has 6 nitrogen and oxygen atoms in total. The molecule has 2 aromatic heterocycles. The first-order valence-electron chi connectivity index (χ1n) is 8.24. The van der Waals surface area contributed by atoms with E-state index in [0.717, 1.165) is 27.5 Å².